The summed E-state index contributed by atoms with van der Waals surface area (Å²) >= 11 is 6.29. The van der Waals surface area contributed by atoms with Crippen molar-refractivity contribution in [3.8, 4) is 0 Å². The summed E-state index contributed by atoms with van der Waals surface area (Å²) in [4.78, 5) is 11.4. The van der Waals surface area contributed by atoms with Crippen molar-refractivity contribution in [2.75, 3.05) is 11.4 Å². The van der Waals surface area contributed by atoms with Gasteiger partial charge in [-0.1, -0.05) is 23.7 Å². The van der Waals surface area contributed by atoms with Gasteiger partial charge in [-0.2, -0.15) is 0 Å². The molecule has 1 aliphatic rings. The van der Waals surface area contributed by atoms with E-state index in [9.17, 15) is 0 Å². The zero-order valence-electron chi connectivity index (χ0n) is 10.4. The van der Waals surface area contributed by atoms with Gasteiger partial charge in [0.05, 0.1) is 11.0 Å². The molecule has 0 N–H and O–H groups in total. The number of anilines is 1. The van der Waals surface area contributed by atoms with Crippen molar-refractivity contribution < 1.29 is 0 Å². The second-order valence-electron chi connectivity index (χ2n) is 4.86. The van der Waals surface area contributed by atoms with Gasteiger partial charge in [0.25, 0.3) is 0 Å². The average molecular weight is 262 g/mol. The molecule has 0 radical (unpaired) electrons. The van der Waals surface area contributed by atoms with Gasteiger partial charge in [-0.15, -0.1) is 0 Å². The lowest BCUT2D eigenvalue weighted by Crippen LogP contribution is -2.38. The lowest BCUT2D eigenvalue weighted by molar-refractivity contribution is 0.481. The molecule has 3 nitrogen and oxygen atoms in total. The minimum atomic E-state index is 0.492. The molecule has 3 rings (SSSR count). The first-order valence-electron chi connectivity index (χ1n) is 6.44. The summed E-state index contributed by atoms with van der Waals surface area (Å²) in [5.41, 5.74) is 1.77. The van der Waals surface area contributed by atoms with Gasteiger partial charge in [-0.25, -0.2) is 9.97 Å². The predicted molar refractivity (Wildman–Crippen MR) is 75.2 cm³/mol. The minimum absolute atomic E-state index is 0.492. The highest BCUT2D eigenvalue weighted by atomic mass is 35.5. The number of piperidine rings is 1. The molecule has 0 spiro atoms. The molecule has 1 aliphatic heterocycles. The molecule has 2 heterocycles. The average Bonchev–Trinajstić information content (AvgIpc) is 2.39. The molecule has 0 aliphatic carbocycles. The van der Waals surface area contributed by atoms with Crippen LogP contribution in [0.25, 0.3) is 11.0 Å². The monoisotopic (exact) mass is 261 g/mol. The van der Waals surface area contributed by atoms with Crippen LogP contribution in [-0.4, -0.2) is 22.6 Å². The Labute approximate surface area is 112 Å². The Morgan fingerprint density at radius 3 is 2.61 bits per heavy atom. The van der Waals surface area contributed by atoms with E-state index in [0.29, 0.717) is 11.2 Å². The van der Waals surface area contributed by atoms with Gasteiger partial charge in [0.1, 0.15) is 0 Å². The Bertz CT molecular complexity index is 570. The number of hydrogen-bond acceptors (Lipinski definition) is 3. The highest BCUT2D eigenvalue weighted by Gasteiger charge is 2.22. The van der Waals surface area contributed by atoms with Crippen LogP contribution in [0.5, 0.6) is 0 Å². The Morgan fingerprint density at radius 2 is 1.89 bits per heavy atom. The van der Waals surface area contributed by atoms with E-state index in [1.165, 1.54) is 19.3 Å². The fourth-order valence-corrected chi connectivity index (χ4v) is 2.81. The highest BCUT2D eigenvalue weighted by molar-refractivity contribution is 6.32. The largest absolute Gasteiger partial charge is 0.351 e. The van der Waals surface area contributed by atoms with Crippen molar-refractivity contribution in [1.29, 1.82) is 0 Å². The van der Waals surface area contributed by atoms with Crippen LogP contribution in [0.1, 0.15) is 26.2 Å². The van der Waals surface area contributed by atoms with Crippen molar-refractivity contribution in [2.45, 2.75) is 32.2 Å². The molecule has 0 saturated carbocycles. The number of halogens is 1. The third kappa shape index (κ3) is 2.03. The first-order chi connectivity index (χ1) is 8.75. The van der Waals surface area contributed by atoms with Crippen LogP contribution in [0.3, 0.4) is 0 Å². The number of fused-ring (bicyclic) bond motifs is 1. The van der Waals surface area contributed by atoms with Crippen molar-refractivity contribution in [1.82, 2.24) is 9.97 Å². The van der Waals surface area contributed by atoms with Gasteiger partial charge in [0, 0.05) is 12.6 Å². The summed E-state index contributed by atoms with van der Waals surface area (Å²) < 4.78 is 0. The van der Waals surface area contributed by atoms with Crippen LogP contribution in [0, 0.1) is 0 Å². The Hall–Kier alpha value is -1.35. The molecule has 0 amide bonds. The van der Waals surface area contributed by atoms with Crippen molar-refractivity contribution >= 4 is 28.5 Å². The molecule has 4 heteroatoms. The van der Waals surface area contributed by atoms with Crippen molar-refractivity contribution in [3.05, 3.63) is 29.4 Å². The van der Waals surface area contributed by atoms with Gasteiger partial charge in [0.2, 0.25) is 0 Å². The molecule has 0 unspecified atom stereocenters. The van der Waals surface area contributed by atoms with Gasteiger partial charge in [-0.3, -0.25) is 0 Å². The quantitative estimate of drug-likeness (QED) is 0.784. The van der Waals surface area contributed by atoms with E-state index in [2.05, 4.69) is 21.8 Å². The van der Waals surface area contributed by atoms with Gasteiger partial charge in [-0.05, 0) is 38.3 Å². The van der Waals surface area contributed by atoms with Crippen LogP contribution in [0.2, 0.25) is 5.15 Å². The van der Waals surface area contributed by atoms with Crippen molar-refractivity contribution in [3.63, 3.8) is 0 Å². The normalized spacial score (nSPS) is 20.3. The fourth-order valence-electron chi connectivity index (χ4n) is 2.56. The molecule has 94 valence electrons. The summed E-state index contributed by atoms with van der Waals surface area (Å²) in [5, 5.41) is 0.516. The van der Waals surface area contributed by atoms with Crippen molar-refractivity contribution in [2.24, 2.45) is 0 Å². The molecular weight excluding hydrogens is 246 g/mol. The summed E-state index contributed by atoms with van der Waals surface area (Å²) in [6.07, 6.45) is 3.69. The third-order valence-corrected chi connectivity index (χ3v) is 3.84. The maximum Gasteiger partial charge on any atom is 0.172 e. The van der Waals surface area contributed by atoms with E-state index in [1.807, 2.05) is 24.3 Å². The Kier molecular flexibility index (Phi) is 3.08. The zero-order chi connectivity index (χ0) is 12.5. The van der Waals surface area contributed by atoms with Crippen LogP contribution < -0.4 is 4.90 Å². The standard InChI is InChI=1S/C14H16ClN3/c1-10-6-4-5-9-18(10)14-13(15)16-11-7-2-3-8-12(11)17-14/h2-3,7-8,10H,4-6,9H2,1H3/t10-/m0/s1. The first-order valence-corrected chi connectivity index (χ1v) is 6.82. The Balaban J connectivity index is 2.07. The van der Waals surface area contributed by atoms with E-state index >= 15 is 0 Å². The summed E-state index contributed by atoms with van der Waals surface area (Å²) in [5.74, 6) is 0.836. The van der Waals surface area contributed by atoms with Crippen LogP contribution in [0.15, 0.2) is 24.3 Å². The molecule has 2 aromatic rings. The van der Waals surface area contributed by atoms with E-state index in [4.69, 9.17) is 11.6 Å². The molecule has 1 aromatic heterocycles. The van der Waals surface area contributed by atoms with Gasteiger partial charge >= 0.3 is 0 Å². The molecule has 0 bridgehead atoms. The molecular formula is C14H16ClN3. The molecule has 1 aromatic carbocycles. The molecule has 1 atom stereocenters. The van der Waals surface area contributed by atoms with E-state index in [0.717, 1.165) is 23.4 Å². The smallest absolute Gasteiger partial charge is 0.172 e. The molecule has 18 heavy (non-hydrogen) atoms. The van der Waals surface area contributed by atoms with E-state index < -0.39 is 0 Å². The second-order valence-corrected chi connectivity index (χ2v) is 5.22. The van der Waals surface area contributed by atoms with Gasteiger partial charge < -0.3 is 4.90 Å². The molecule has 1 fully saturated rings. The topological polar surface area (TPSA) is 29.0 Å². The van der Waals surface area contributed by atoms with Crippen LogP contribution in [0.4, 0.5) is 5.82 Å². The highest BCUT2D eigenvalue weighted by Crippen LogP contribution is 2.29. The number of benzene rings is 1. The number of aromatic nitrogens is 2. The van der Waals surface area contributed by atoms with Crippen LogP contribution >= 0.6 is 11.6 Å². The maximum absolute atomic E-state index is 6.29. The number of rotatable bonds is 1. The predicted octanol–water partition coefficient (Wildman–Crippen LogP) is 3.66. The number of nitrogens with zero attached hydrogens (tertiary/aromatic N) is 3. The summed E-state index contributed by atoms with van der Waals surface area (Å²) in [6, 6.07) is 8.35. The third-order valence-electron chi connectivity index (χ3n) is 3.59. The summed E-state index contributed by atoms with van der Waals surface area (Å²) in [7, 11) is 0. The Morgan fingerprint density at radius 1 is 1.17 bits per heavy atom. The van der Waals surface area contributed by atoms with E-state index in [1.54, 1.807) is 0 Å². The lowest BCUT2D eigenvalue weighted by Gasteiger charge is -2.34. The number of hydrogen-bond donors (Lipinski definition) is 0. The fraction of sp³-hybridized carbons (Fsp3) is 0.429. The van der Waals surface area contributed by atoms with E-state index in [-0.39, 0.29) is 0 Å². The van der Waals surface area contributed by atoms with Gasteiger partial charge in [0.15, 0.2) is 11.0 Å². The number of para-hydroxylation sites is 2. The minimum Gasteiger partial charge on any atom is -0.351 e. The van der Waals surface area contributed by atoms with Crippen LogP contribution in [-0.2, 0) is 0 Å². The zero-order valence-corrected chi connectivity index (χ0v) is 11.2. The lowest BCUT2D eigenvalue weighted by atomic mass is 10.0. The summed E-state index contributed by atoms with van der Waals surface area (Å²) in [6.45, 7) is 3.25. The first kappa shape index (κ1) is 11.7. The molecule has 1 saturated heterocycles. The maximum atomic E-state index is 6.29. The SMILES string of the molecule is C[C@H]1CCCCN1c1nc2ccccc2nc1Cl. The second kappa shape index (κ2) is 4.73.